The zero-order chi connectivity index (χ0) is 24.7. The monoisotopic (exact) mass is 475 g/mol. The van der Waals surface area contributed by atoms with Gasteiger partial charge in [0.2, 0.25) is 5.91 Å². The highest BCUT2D eigenvalue weighted by Gasteiger charge is 2.36. The van der Waals surface area contributed by atoms with Gasteiger partial charge in [0.05, 0.1) is 36.5 Å². The van der Waals surface area contributed by atoms with E-state index in [2.05, 4.69) is 0 Å². The van der Waals surface area contributed by atoms with E-state index in [1.54, 1.807) is 23.1 Å². The number of amides is 2. The standard InChI is InChI=1S/C24H24F3N3O4/c1-33-21-15-17(16-28)8-9-20(21)34-14-4-7-22(31)29-10-12-30(13-11-29)23(32)18-5-2-3-6-19(18)24(25,26)27/h2-3,5-6,8-9,15H,4,7,10-14H2,1H3. The molecule has 2 aromatic carbocycles. The smallest absolute Gasteiger partial charge is 0.417 e. The van der Waals surface area contributed by atoms with E-state index < -0.39 is 17.6 Å². The Morgan fingerprint density at radius 3 is 2.35 bits per heavy atom. The maximum absolute atomic E-state index is 13.2. The number of hydrogen-bond donors (Lipinski definition) is 0. The summed E-state index contributed by atoms with van der Waals surface area (Å²) >= 11 is 0. The molecule has 2 amide bonds. The molecule has 180 valence electrons. The Balaban J connectivity index is 1.47. The Morgan fingerprint density at radius 1 is 1.03 bits per heavy atom. The third kappa shape index (κ3) is 5.98. The van der Waals surface area contributed by atoms with Crippen molar-refractivity contribution in [3.8, 4) is 17.6 Å². The topological polar surface area (TPSA) is 82.9 Å². The van der Waals surface area contributed by atoms with Crippen LogP contribution in [0.4, 0.5) is 13.2 Å². The lowest BCUT2D eigenvalue weighted by atomic mass is 10.1. The Hall–Kier alpha value is -3.74. The molecule has 0 radical (unpaired) electrons. The lowest BCUT2D eigenvalue weighted by Gasteiger charge is -2.35. The second-order valence-corrected chi connectivity index (χ2v) is 7.65. The fraction of sp³-hybridized carbons (Fsp3) is 0.375. The Bertz CT molecular complexity index is 1070. The number of piperazine rings is 1. The zero-order valence-corrected chi connectivity index (χ0v) is 18.6. The second kappa shape index (κ2) is 10.9. The van der Waals surface area contributed by atoms with Crippen LogP contribution in [0.3, 0.4) is 0 Å². The van der Waals surface area contributed by atoms with Crippen LogP contribution in [0.15, 0.2) is 42.5 Å². The third-order valence-electron chi connectivity index (χ3n) is 5.47. The first-order chi connectivity index (χ1) is 16.2. The molecule has 1 fully saturated rings. The van der Waals surface area contributed by atoms with E-state index in [0.717, 1.165) is 6.07 Å². The Kier molecular flexibility index (Phi) is 7.99. The van der Waals surface area contributed by atoms with Crippen LogP contribution in [0, 0.1) is 11.3 Å². The van der Waals surface area contributed by atoms with Crippen molar-refractivity contribution in [2.45, 2.75) is 19.0 Å². The van der Waals surface area contributed by atoms with E-state index in [-0.39, 0.29) is 50.7 Å². The molecule has 0 spiro atoms. The van der Waals surface area contributed by atoms with E-state index in [1.807, 2.05) is 6.07 Å². The maximum atomic E-state index is 13.2. The zero-order valence-electron chi connectivity index (χ0n) is 18.6. The van der Waals surface area contributed by atoms with Crippen molar-refractivity contribution in [2.75, 3.05) is 39.9 Å². The van der Waals surface area contributed by atoms with Crippen LogP contribution < -0.4 is 9.47 Å². The van der Waals surface area contributed by atoms with Gasteiger partial charge in [-0.25, -0.2) is 0 Å². The van der Waals surface area contributed by atoms with Gasteiger partial charge < -0.3 is 19.3 Å². The van der Waals surface area contributed by atoms with Gasteiger partial charge in [-0.05, 0) is 30.7 Å². The number of benzene rings is 2. The summed E-state index contributed by atoms with van der Waals surface area (Å²) in [6, 6.07) is 11.5. The molecule has 0 N–H and O–H groups in total. The molecule has 10 heteroatoms. The summed E-state index contributed by atoms with van der Waals surface area (Å²) in [7, 11) is 1.47. The molecule has 1 saturated heterocycles. The van der Waals surface area contributed by atoms with Gasteiger partial charge in [-0.3, -0.25) is 9.59 Å². The van der Waals surface area contributed by atoms with Crippen LogP contribution in [0.1, 0.15) is 34.3 Å². The molecule has 1 aliphatic heterocycles. The van der Waals surface area contributed by atoms with Gasteiger partial charge in [0.1, 0.15) is 0 Å². The highest BCUT2D eigenvalue weighted by atomic mass is 19.4. The summed E-state index contributed by atoms with van der Waals surface area (Å²) in [6.45, 7) is 1.10. The average Bonchev–Trinajstić information content (AvgIpc) is 2.85. The summed E-state index contributed by atoms with van der Waals surface area (Å²) in [5.41, 5.74) is -0.901. The van der Waals surface area contributed by atoms with Gasteiger partial charge in [-0.1, -0.05) is 12.1 Å². The van der Waals surface area contributed by atoms with Crippen molar-refractivity contribution >= 4 is 11.8 Å². The number of rotatable bonds is 7. The third-order valence-corrected chi connectivity index (χ3v) is 5.47. The lowest BCUT2D eigenvalue weighted by molar-refractivity contribution is -0.138. The molecule has 1 aliphatic rings. The Labute approximate surface area is 195 Å². The van der Waals surface area contributed by atoms with Gasteiger partial charge in [0.25, 0.3) is 5.91 Å². The molecule has 34 heavy (non-hydrogen) atoms. The van der Waals surface area contributed by atoms with E-state index in [4.69, 9.17) is 14.7 Å². The van der Waals surface area contributed by atoms with Crippen molar-refractivity contribution in [3.63, 3.8) is 0 Å². The number of methoxy groups -OCH3 is 1. The van der Waals surface area contributed by atoms with Gasteiger partial charge in [0, 0.05) is 38.7 Å². The summed E-state index contributed by atoms with van der Waals surface area (Å²) < 4.78 is 50.5. The molecule has 2 aromatic rings. The minimum absolute atomic E-state index is 0.113. The molecule has 0 unspecified atom stereocenters. The quantitative estimate of drug-likeness (QED) is 0.570. The van der Waals surface area contributed by atoms with E-state index in [1.165, 1.54) is 30.2 Å². The largest absolute Gasteiger partial charge is 0.493 e. The summed E-state index contributed by atoms with van der Waals surface area (Å²) in [5, 5.41) is 8.94. The number of nitriles is 1. The fourth-order valence-corrected chi connectivity index (χ4v) is 3.67. The molecule has 7 nitrogen and oxygen atoms in total. The van der Waals surface area contributed by atoms with Crippen molar-refractivity contribution in [3.05, 3.63) is 59.2 Å². The van der Waals surface area contributed by atoms with Crippen LogP contribution in [-0.4, -0.2) is 61.5 Å². The Morgan fingerprint density at radius 2 is 1.71 bits per heavy atom. The van der Waals surface area contributed by atoms with Gasteiger partial charge in [0.15, 0.2) is 11.5 Å². The molecule has 1 heterocycles. The van der Waals surface area contributed by atoms with Crippen molar-refractivity contribution in [1.82, 2.24) is 9.80 Å². The predicted molar refractivity (Wildman–Crippen MR) is 116 cm³/mol. The molecule has 0 aromatic heterocycles. The average molecular weight is 475 g/mol. The highest BCUT2D eigenvalue weighted by Crippen LogP contribution is 2.32. The SMILES string of the molecule is COc1cc(C#N)ccc1OCCCC(=O)N1CCN(C(=O)c2ccccc2C(F)(F)F)CC1. The van der Waals surface area contributed by atoms with E-state index in [9.17, 15) is 22.8 Å². The maximum Gasteiger partial charge on any atom is 0.417 e. The van der Waals surface area contributed by atoms with E-state index in [0.29, 0.717) is 23.5 Å². The van der Waals surface area contributed by atoms with Crippen molar-refractivity contribution in [2.24, 2.45) is 0 Å². The predicted octanol–water partition coefficient (Wildman–Crippen LogP) is 3.73. The minimum atomic E-state index is -4.62. The molecule has 3 rings (SSSR count). The molecule has 0 atom stereocenters. The number of halogens is 3. The van der Waals surface area contributed by atoms with Gasteiger partial charge in [-0.2, -0.15) is 18.4 Å². The van der Waals surface area contributed by atoms with Crippen LogP contribution in [0.25, 0.3) is 0 Å². The fourth-order valence-electron chi connectivity index (χ4n) is 3.67. The van der Waals surface area contributed by atoms with Crippen molar-refractivity contribution < 1.29 is 32.2 Å². The molecular weight excluding hydrogens is 451 g/mol. The van der Waals surface area contributed by atoms with Gasteiger partial charge in [-0.15, -0.1) is 0 Å². The highest BCUT2D eigenvalue weighted by molar-refractivity contribution is 5.96. The lowest BCUT2D eigenvalue weighted by Crippen LogP contribution is -2.50. The van der Waals surface area contributed by atoms with Crippen LogP contribution in [0.2, 0.25) is 0 Å². The summed E-state index contributed by atoms with van der Waals surface area (Å²) in [5.74, 6) is 0.0986. The number of carbonyl (C=O) groups excluding carboxylic acids is 2. The first-order valence-corrected chi connectivity index (χ1v) is 10.7. The van der Waals surface area contributed by atoms with Crippen LogP contribution in [0.5, 0.6) is 11.5 Å². The first kappa shape index (κ1) is 24.9. The molecular formula is C24H24F3N3O4. The first-order valence-electron chi connectivity index (χ1n) is 10.7. The number of hydrogen-bond acceptors (Lipinski definition) is 5. The summed E-state index contributed by atoms with van der Waals surface area (Å²) in [6.07, 6.45) is -3.95. The van der Waals surface area contributed by atoms with Crippen LogP contribution in [-0.2, 0) is 11.0 Å². The number of nitrogens with zero attached hydrogens (tertiary/aromatic N) is 3. The number of carbonyl (C=O) groups is 2. The second-order valence-electron chi connectivity index (χ2n) is 7.65. The van der Waals surface area contributed by atoms with Gasteiger partial charge >= 0.3 is 6.18 Å². The molecule has 0 aliphatic carbocycles. The minimum Gasteiger partial charge on any atom is -0.493 e. The van der Waals surface area contributed by atoms with E-state index >= 15 is 0 Å². The number of ether oxygens (including phenoxy) is 2. The molecule has 0 saturated carbocycles. The summed E-state index contributed by atoms with van der Waals surface area (Å²) in [4.78, 5) is 28.1. The van der Waals surface area contributed by atoms with Crippen LogP contribution >= 0.6 is 0 Å². The molecule has 0 bridgehead atoms. The normalized spacial score (nSPS) is 13.9. The number of alkyl halides is 3. The van der Waals surface area contributed by atoms with Crippen molar-refractivity contribution in [1.29, 1.82) is 5.26 Å².